The topological polar surface area (TPSA) is 54.9 Å². The normalized spacial score (nSPS) is 11.6. The van der Waals surface area contributed by atoms with E-state index in [9.17, 15) is 4.79 Å². The molecule has 1 atom stereocenters. The van der Waals surface area contributed by atoms with Gasteiger partial charge in [0.25, 0.3) is 0 Å². The van der Waals surface area contributed by atoms with Gasteiger partial charge in [-0.15, -0.1) is 16.4 Å². The van der Waals surface area contributed by atoms with Crippen molar-refractivity contribution in [2.75, 3.05) is 12.8 Å². The van der Waals surface area contributed by atoms with Crippen LogP contribution in [0, 0.1) is 53.2 Å². The van der Waals surface area contributed by atoms with Gasteiger partial charge in [-0.1, -0.05) is 18.7 Å². The summed E-state index contributed by atoms with van der Waals surface area (Å²) in [5.41, 5.74) is 0. The zero-order valence-electron chi connectivity index (χ0n) is 8.52. The standard InChI is InChI=1S/C8H12N3OS2.Sm/c1-5(7(12)9-3)4-13-8-11-10-6(2)14-8;/h5H,2,4H2,1,3H3,(H,9,12);/q-1;. The zero-order chi connectivity index (χ0) is 10.6. The summed E-state index contributed by atoms with van der Waals surface area (Å²) in [7, 11) is 1.64. The Morgan fingerprint density at radius 2 is 2.33 bits per heavy atom. The van der Waals surface area contributed by atoms with E-state index < -0.39 is 0 Å². The third kappa shape index (κ3) is 5.45. The Bertz CT molecular complexity index is 319. The van der Waals surface area contributed by atoms with E-state index in [4.69, 9.17) is 0 Å². The number of rotatable bonds is 4. The first-order valence-electron chi connectivity index (χ1n) is 4.13. The Balaban J connectivity index is 0.00000196. The van der Waals surface area contributed by atoms with Crippen molar-refractivity contribution in [3.8, 4) is 0 Å². The van der Waals surface area contributed by atoms with Gasteiger partial charge >= 0.3 is 0 Å². The van der Waals surface area contributed by atoms with Gasteiger partial charge < -0.3 is 12.2 Å². The van der Waals surface area contributed by atoms with Crippen LogP contribution in [0.25, 0.3) is 0 Å². The molecule has 1 unspecified atom stereocenters. The van der Waals surface area contributed by atoms with Crippen LogP contribution in [0.3, 0.4) is 0 Å². The van der Waals surface area contributed by atoms with Gasteiger partial charge in [-0.2, -0.15) is 5.10 Å². The maximum Gasteiger partial charge on any atom is 0.223 e. The van der Waals surface area contributed by atoms with Gasteiger partial charge in [0.15, 0.2) is 4.34 Å². The summed E-state index contributed by atoms with van der Waals surface area (Å²) in [5.74, 6) is 0.757. The van der Waals surface area contributed by atoms with E-state index in [2.05, 4.69) is 22.4 Å². The fourth-order valence-corrected chi connectivity index (χ4v) is 2.55. The van der Waals surface area contributed by atoms with Crippen molar-refractivity contribution in [3.05, 3.63) is 11.9 Å². The molecule has 4 nitrogen and oxygen atoms in total. The Kier molecular flexibility index (Phi) is 8.10. The first-order valence-corrected chi connectivity index (χ1v) is 5.93. The van der Waals surface area contributed by atoms with Crippen molar-refractivity contribution >= 4 is 29.0 Å². The number of hydrogen-bond donors (Lipinski definition) is 1. The Morgan fingerprint density at radius 1 is 1.67 bits per heavy atom. The maximum atomic E-state index is 11.2. The molecule has 1 amide bonds. The number of nitrogens with one attached hydrogen (secondary N) is 1. The monoisotopic (exact) mass is 382 g/mol. The third-order valence-electron chi connectivity index (χ3n) is 1.60. The minimum atomic E-state index is -0.0119. The molecule has 0 aromatic carbocycles. The summed E-state index contributed by atoms with van der Waals surface area (Å²) in [6, 6.07) is 0. The molecule has 1 aromatic heterocycles. The van der Waals surface area contributed by atoms with E-state index in [0.717, 1.165) is 4.34 Å². The first kappa shape index (κ1) is 15.6. The second-order valence-electron chi connectivity index (χ2n) is 2.79. The molecule has 0 spiro atoms. The molecule has 1 heterocycles. The molecular formula is C8H12N3OS2Sm-. The molecule has 1 N–H and O–H groups in total. The van der Waals surface area contributed by atoms with Crippen LogP contribution in [-0.4, -0.2) is 28.9 Å². The second kappa shape index (κ2) is 7.80. The van der Waals surface area contributed by atoms with Gasteiger partial charge in [0.2, 0.25) is 5.91 Å². The van der Waals surface area contributed by atoms with Crippen LogP contribution in [0.15, 0.2) is 4.34 Å². The van der Waals surface area contributed by atoms with Gasteiger partial charge in [0.05, 0.1) is 0 Å². The molecule has 15 heavy (non-hydrogen) atoms. The largest absolute Gasteiger partial charge is 0.359 e. The molecule has 0 aliphatic rings. The Labute approximate surface area is 130 Å². The van der Waals surface area contributed by atoms with Gasteiger partial charge in [0, 0.05) is 59.1 Å². The molecule has 1 aromatic rings. The molecule has 7 heteroatoms. The molecule has 1 rings (SSSR count). The van der Waals surface area contributed by atoms with Gasteiger partial charge in [0.1, 0.15) is 0 Å². The predicted octanol–water partition coefficient (Wildman–Crippen LogP) is 1.19. The molecule has 0 aliphatic carbocycles. The summed E-state index contributed by atoms with van der Waals surface area (Å²) in [6.45, 7) is 5.56. The second-order valence-corrected chi connectivity index (χ2v) is 5.12. The smallest absolute Gasteiger partial charge is 0.223 e. The minimum absolute atomic E-state index is 0. The summed E-state index contributed by atoms with van der Waals surface area (Å²) < 4.78 is 0.866. The van der Waals surface area contributed by atoms with Gasteiger partial charge in [-0.25, -0.2) is 0 Å². The molecule has 84 valence electrons. The van der Waals surface area contributed by atoms with Crippen molar-refractivity contribution in [2.45, 2.75) is 11.3 Å². The fraction of sp³-hybridized carbons (Fsp3) is 0.500. The number of hydrogen-bond acceptors (Lipinski definition) is 5. The molecule has 0 fully saturated rings. The van der Waals surface area contributed by atoms with Crippen molar-refractivity contribution in [1.82, 2.24) is 15.5 Å². The van der Waals surface area contributed by atoms with Crippen LogP contribution in [0.1, 0.15) is 11.9 Å². The Morgan fingerprint density at radius 3 is 2.80 bits per heavy atom. The first-order chi connectivity index (χ1) is 6.63. The summed E-state index contributed by atoms with van der Waals surface area (Å²) in [4.78, 5) is 11.2. The maximum absolute atomic E-state index is 11.2. The van der Waals surface area contributed by atoms with Crippen molar-refractivity contribution in [3.63, 3.8) is 0 Å². The number of thioether (sulfide) groups is 1. The van der Waals surface area contributed by atoms with Crippen LogP contribution in [0.4, 0.5) is 0 Å². The fourth-order valence-electron chi connectivity index (χ4n) is 0.815. The van der Waals surface area contributed by atoms with Gasteiger partial charge in [-0.3, -0.25) is 4.79 Å². The van der Waals surface area contributed by atoms with E-state index in [1.807, 2.05) is 6.92 Å². The van der Waals surface area contributed by atoms with Crippen molar-refractivity contribution in [2.24, 2.45) is 5.92 Å². The molecular weight excluding hydrogens is 369 g/mol. The summed E-state index contributed by atoms with van der Waals surface area (Å²) in [5, 5.41) is 11.0. The van der Waals surface area contributed by atoms with Crippen molar-refractivity contribution < 1.29 is 45.2 Å². The van der Waals surface area contributed by atoms with E-state index in [1.54, 1.807) is 7.05 Å². The van der Waals surface area contributed by atoms with Crippen molar-refractivity contribution in [1.29, 1.82) is 0 Å². The summed E-state index contributed by atoms with van der Waals surface area (Å²) in [6.07, 6.45) is 0. The van der Waals surface area contributed by atoms with Crippen LogP contribution >= 0.6 is 23.1 Å². The van der Waals surface area contributed by atoms with Crippen LogP contribution in [0.5, 0.6) is 0 Å². The van der Waals surface area contributed by atoms with Crippen LogP contribution < -0.4 is 5.32 Å². The molecule has 0 radical (unpaired) electrons. The Hall–Kier alpha value is 0.588. The number of amides is 1. The van der Waals surface area contributed by atoms with E-state index in [-0.39, 0.29) is 52.2 Å². The number of carbonyl (C=O) groups excluding carboxylic acids is 1. The van der Waals surface area contributed by atoms with E-state index >= 15 is 0 Å². The number of nitrogens with zero attached hydrogens (tertiary/aromatic N) is 2. The van der Waals surface area contributed by atoms with Gasteiger partial charge in [-0.05, 0) is 5.01 Å². The average molecular weight is 381 g/mol. The van der Waals surface area contributed by atoms with Crippen LogP contribution in [0.2, 0.25) is 0 Å². The number of carbonyl (C=O) groups is 1. The summed E-state index contributed by atoms with van der Waals surface area (Å²) >= 11 is 2.98. The number of aromatic nitrogens is 2. The third-order valence-corrected chi connectivity index (χ3v) is 3.77. The van der Waals surface area contributed by atoms with E-state index in [0.29, 0.717) is 10.8 Å². The predicted molar refractivity (Wildman–Crippen MR) is 58.3 cm³/mol. The van der Waals surface area contributed by atoms with E-state index in [1.165, 1.54) is 23.1 Å². The molecule has 0 aliphatic heterocycles. The quantitative estimate of drug-likeness (QED) is 0.630. The SMILES string of the molecule is [CH2-]c1nnc(SCC(C)C(=O)NC)s1.[Sm]. The average Bonchev–Trinajstić information content (AvgIpc) is 2.59. The molecule has 0 saturated carbocycles. The zero-order valence-corrected chi connectivity index (χ0v) is 12.8. The van der Waals surface area contributed by atoms with Crippen LogP contribution in [-0.2, 0) is 4.79 Å². The minimum Gasteiger partial charge on any atom is -0.359 e. The molecule has 0 bridgehead atoms. The molecule has 0 saturated heterocycles.